The molecule has 0 aliphatic rings. The van der Waals surface area contributed by atoms with Crippen molar-refractivity contribution in [2.45, 2.75) is 0 Å². The summed E-state index contributed by atoms with van der Waals surface area (Å²) in [7, 11) is 0. The zero-order valence-corrected chi connectivity index (χ0v) is 8.68. The van der Waals surface area contributed by atoms with Gasteiger partial charge in [0.2, 0.25) is 0 Å². The van der Waals surface area contributed by atoms with Gasteiger partial charge in [0.1, 0.15) is 0 Å². The molecule has 0 unspecified atom stereocenters. The molecule has 0 amide bonds. The molecule has 0 atom stereocenters. The van der Waals surface area contributed by atoms with E-state index in [1.165, 1.54) is 0 Å². The average molecular weight is 289 g/mol. The molecule has 0 N–H and O–H groups in total. The Bertz CT molecular complexity index is 5.51. The summed E-state index contributed by atoms with van der Waals surface area (Å²) in [5.74, 6) is 0. The van der Waals surface area contributed by atoms with Crippen LogP contribution in [0, 0.1) is 0 Å². The molecule has 0 saturated carbocycles. The van der Waals surface area contributed by atoms with E-state index in [-0.39, 0.29) is 101 Å². The van der Waals surface area contributed by atoms with Crippen LogP contribution in [0.25, 0.3) is 0 Å². The monoisotopic (exact) mass is 286 g/mol. The Morgan fingerprint density at radius 1 is 0.500 bits per heavy atom. The van der Waals surface area contributed by atoms with Gasteiger partial charge < -0.3 is 0 Å². The first-order valence-electron chi connectivity index (χ1n) is 0. The van der Waals surface area contributed by atoms with Gasteiger partial charge in [0.25, 0.3) is 0 Å². The van der Waals surface area contributed by atoms with Crippen LogP contribution in [-0.4, -0.2) is 34.7 Å². The number of hydrogen-bond acceptors (Lipinski definition) is 0. The van der Waals surface area contributed by atoms with E-state index in [2.05, 4.69) is 0 Å². The molecule has 0 fully saturated rings. The first-order valence-corrected chi connectivity index (χ1v) is 0. The van der Waals surface area contributed by atoms with Crippen molar-refractivity contribution in [3.8, 4) is 0 Å². The molecule has 0 aromatic rings. The summed E-state index contributed by atoms with van der Waals surface area (Å²) in [5, 5.41) is 0. The minimum absolute atomic E-state index is 0. The Hall–Kier alpha value is 3.04. The molecule has 0 aromatic carbocycles. The first kappa shape index (κ1) is 63.3. The SMILES string of the molecule is [Al].[Al].[Ni+2].[Ni+2].[Ni+2].[Ni]. The number of hydrogen-bond donors (Lipinski definition) is 0. The van der Waals surface area contributed by atoms with Crippen LogP contribution in [0.2, 0.25) is 0 Å². The Balaban J connectivity index is 0. The van der Waals surface area contributed by atoms with Crippen LogP contribution in [-0.2, 0) is 66.0 Å². The van der Waals surface area contributed by atoms with Gasteiger partial charge in [-0.1, -0.05) is 0 Å². The fourth-order valence-electron chi connectivity index (χ4n) is 0. The molecule has 0 rings (SSSR count). The van der Waals surface area contributed by atoms with E-state index in [1.807, 2.05) is 0 Å². The van der Waals surface area contributed by atoms with Crippen LogP contribution in [0.1, 0.15) is 0 Å². The molecule has 6 radical (unpaired) electrons. The molecule has 0 bridgehead atoms. The van der Waals surface area contributed by atoms with Gasteiger partial charge >= 0.3 is 49.5 Å². The van der Waals surface area contributed by atoms with Crippen LogP contribution in [0.5, 0.6) is 0 Å². The Kier molecular flexibility index (Phi) is 455. The Morgan fingerprint density at radius 2 is 0.500 bits per heavy atom. The van der Waals surface area contributed by atoms with E-state index >= 15 is 0 Å². The van der Waals surface area contributed by atoms with Crippen molar-refractivity contribution in [3.05, 3.63) is 0 Å². The molecule has 0 aliphatic heterocycles. The smallest absolute Gasteiger partial charge is 0 e. The van der Waals surface area contributed by atoms with Crippen LogP contribution in [0.15, 0.2) is 0 Å². The largest absolute Gasteiger partial charge is 2.00 e. The Labute approximate surface area is 99.3 Å². The third-order valence-electron chi connectivity index (χ3n) is 0. The van der Waals surface area contributed by atoms with Crippen molar-refractivity contribution in [2.75, 3.05) is 0 Å². The van der Waals surface area contributed by atoms with Crippen molar-refractivity contribution < 1.29 is 66.0 Å². The topological polar surface area (TPSA) is 0 Å². The molecule has 40 valence electrons. The van der Waals surface area contributed by atoms with Crippen LogP contribution >= 0.6 is 0 Å². The van der Waals surface area contributed by atoms with Crippen molar-refractivity contribution in [3.63, 3.8) is 0 Å². The fraction of sp³-hybridized carbons (Fsp3) is 0. The van der Waals surface area contributed by atoms with Crippen LogP contribution < -0.4 is 0 Å². The van der Waals surface area contributed by atoms with Crippen LogP contribution in [0.3, 0.4) is 0 Å². The van der Waals surface area contributed by atoms with Crippen molar-refractivity contribution in [2.24, 2.45) is 0 Å². The van der Waals surface area contributed by atoms with Gasteiger partial charge in [-0.05, 0) is 0 Å². The second-order valence-corrected chi connectivity index (χ2v) is 0. The number of rotatable bonds is 0. The van der Waals surface area contributed by atoms with Gasteiger partial charge in [-0.15, -0.1) is 0 Å². The van der Waals surface area contributed by atoms with Gasteiger partial charge in [-0.25, -0.2) is 0 Å². The first-order chi connectivity index (χ1) is 0. The van der Waals surface area contributed by atoms with E-state index in [0.29, 0.717) is 0 Å². The van der Waals surface area contributed by atoms with E-state index in [1.54, 1.807) is 0 Å². The summed E-state index contributed by atoms with van der Waals surface area (Å²) in [6, 6.07) is 0. The summed E-state index contributed by atoms with van der Waals surface area (Å²) in [6.07, 6.45) is 0. The summed E-state index contributed by atoms with van der Waals surface area (Å²) in [6.45, 7) is 0. The third kappa shape index (κ3) is 27.8. The van der Waals surface area contributed by atoms with E-state index < -0.39 is 0 Å². The zero-order chi connectivity index (χ0) is 0. The second kappa shape index (κ2) is 43.1. The fourth-order valence-corrected chi connectivity index (χ4v) is 0. The Morgan fingerprint density at radius 3 is 0.500 bits per heavy atom. The zero-order valence-electron chi connectivity index (χ0n) is 2.42. The average Bonchev–Trinajstić information content (AvgIpc) is 0. The van der Waals surface area contributed by atoms with E-state index in [9.17, 15) is 0 Å². The van der Waals surface area contributed by atoms with E-state index in [4.69, 9.17) is 0 Å². The van der Waals surface area contributed by atoms with Crippen LogP contribution in [0.4, 0.5) is 0 Å². The predicted molar refractivity (Wildman–Crippen MR) is 11.5 cm³/mol. The second-order valence-electron chi connectivity index (χ2n) is 0. The molecular formula is Al2Ni4+6. The third-order valence-corrected chi connectivity index (χ3v) is 0. The molecule has 0 saturated heterocycles. The van der Waals surface area contributed by atoms with E-state index in [0.717, 1.165) is 0 Å². The minimum atomic E-state index is 0. The van der Waals surface area contributed by atoms with Gasteiger partial charge in [0.05, 0.1) is 0 Å². The summed E-state index contributed by atoms with van der Waals surface area (Å²) >= 11 is 0. The maximum Gasteiger partial charge on any atom is 2.00 e. The van der Waals surface area contributed by atoms with Gasteiger partial charge in [-0.2, -0.15) is 0 Å². The van der Waals surface area contributed by atoms with Crippen molar-refractivity contribution in [1.82, 2.24) is 0 Å². The summed E-state index contributed by atoms with van der Waals surface area (Å²) < 4.78 is 0. The maximum absolute atomic E-state index is 0. The normalized spacial score (nSPS) is 0. The maximum atomic E-state index is 0. The standard InChI is InChI=1S/2Al.4Ni/q;;;3*+2. The molecule has 0 nitrogen and oxygen atoms in total. The van der Waals surface area contributed by atoms with Gasteiger partial charge in [0, 0.05) is 51.2 Å². The van der Waals surface area contributed by atoms with Gasteiger partial charge in [-0.3, -0.25) is 0 Å². The molecular weight excluding hydrogens is 289 g/mol. The molecule has 0 heterocycles. The minimum Gasteiger partial charge on any atom is 0 e. The molecule has 6 heteroatoms. The molecule has 0 spiro atoms. The van der Waals surface area contributed by atoms with Crippen molar-refractivity contribution >= 4 is 34.7 Å². The predicted octanol–water partition coefficient (Wildman–Crippen LogP) is -0.772. The summed E-state index contributed by atoms with van der Waals surface area (Å²) in [5.41, 5.74) is 0. The van der Waals surface area contributed by atoms with Crippen molar-refractivity contribution in [1.29, 1.82) is 0 Å². The van der Waals surface area contributed by atoms with Gasteiger partial charge in [0.15, 0.2) is 0 Å². The molecule has 0 aliphatic carbocycles. The summed E-state index contributed by atoms with van der Waals surface area (Å²) in [4.78, 5) is 0. The molecule has 0 aromatic heterocycles. The quantitative estimate of drug-likeness (QED) is 0.514. The molecule has 6 heavy (non-hydrogen) atoms.